The Balaban J connectivity index is 2.46. The highest BCUT2D eigenvalue weighted by atomic mass is 32.2. The van der Waals surface area contributed by atoms with Crippen LogP contribution < -0.4 is 14.2 Å². The second-order valence-electron chi connectivity index (χ2n) is 5.86. The van der Waals surface area contributed by atoms with Crippen molar-refractivity contribution in [1.82, 2.24) is 0 Å². The summed E-state index contributed by atoms with van der Waals surface area (Å²) in [7, 11) is -1.25. The lowest BCUT2D eigenvalue weighted by molar-refractivity contribution is 0.0525. The van der Waals surface area contributed by atoms with E-state index in [0.717, 1.165) is 0 Å². The fourth-order valence-electron chi connectivity index (χ4n) is 2.55. The topological polar surface area (TPSA) is 117 Å². The lowest BCUT2D eigenvalue weighted by Gasteiger charge is -2.13. The summed E-state index contributed by atoms with van der Waals surface area (Å²) in [4.78, 5) is 24.2. The molecule has 0 spiro atoms. The van der Waals surface area contributed by atoms with Gasteiger partial charge in [-0.05, 0) is 44.2 Å². The first-order valence-corrected chi connectivity index (χ1v) is 10.5. The van der Waals surface area contributed by atoms with Crippen molar-refractivity contribution < 1.29 is 37.0 Å². The third-order valence-corrected chi connectivity index (χ3v) is 5.25. The Morgan fingerprint density at radius 2 is 1.37 bits per heavy atom. The van der Waals surface area contributed by atoms with Crippen LogP contribution in [0.3, 0.4) is 0 Å². The lowest BCUT2D eigenvalue weighted by atomic mass is 10.1. The Labute approximate surface area is 174 Å². The van der Waals surface area contributed by atoms with Crippen LogP contribution in [0.1, 0.15) is 34.6 Å². The molecule has 0 aliphatic rings. The largest absolute Gasteiger partial charge is 0.493 e. The molecule has 0 saturated heterocycles. The van der Waals surface area contributed by atoms with Crippen LogP contribution in [0.15, 0.2) is 41.3 Å². The molecular weight excluding hydrogens is 414 g/mol. The summed E-state index contributed by atoms with van der Waals surface area (Å²) < 4.78 is 48.2. The fraction of sp³-hybridized carbons (Fsp3) is 0.300. The molecule has 0 aliphatic carbocycles. The second-order valence-corrected chi connectivity index (χ2v) is 7.54. The number of sulfonamides is 1. The number of ether oxygens (including phenoxy) is 4. The van der Waals surface area contributed by atoms with Crippen LogP contribution in [0.5, 0.6) is 11.5 Å². The van der Waals surface area contributed by atoms with Gasteiger partial charge in [0.1, 0.15) is 0 Å². The smallest absolute Gasteiger partial charge is 0.338 e. The number of esters is 2. The first-order valence-electron chi connectivity index (χ1n) is 8.99. The molecule has 2 aromatic carbocycles. The maximum atomic E-state index is 12.8. The third-order valence-electron chi connectivity index (χ3n) is 3.87. The van der Waals surface area contributed by atoms with Gasteiger partial charge in [0, 0.05) is 6.07 Å². The predicted octanol–water partition coefficient (Wildman–Crippen LogP) is 2.86. The molecule has 9 nitrogen and oxygen atoms in total. The predicted molar refractivity (Wildman–Crippen MR) is 109 cm³/mol. The molecule has 0 fully saturated rings. The zero-order valence-corrected chi connectivity index (χ0v) is 17.9. The molecule has 0 bridgehead atoms. The molecule has 162 valence electrons. The van der Waals surface area contributed by atoms with Crippen LogP contribution in [0.25, 0.3) is 0 Å². The van der Waals surface area contributed by atoms with Crippen LogP contribution in [0.4, 0.5) is 5.69 Å². The molecular formula is C20H23NO8S. The maximum absolute atomic E-state index is 12.8. The first-order chi connectivity index (χ1) is 14.2. The minimum absolute atomic E-state index is 0.00149. The summed E-state index contributed by atoms with van der Waals surface area (Å²) >= 11 is 0. The molecule has 0 aliphatic heterocycles. The van der Waals surface area contributed by atoms with E-state index < -0.39 is 22.0 Å². The maximum Gasteiger partial charge on any atom is 0.338 e. The number of hydrogen-bond acceptors (Lipinski definition) is 8. The number of benzene rings is 2. The number of hydrogen-bond donors (Lipinski definition) is 1. The number of anilines is 1. The van der Waals surface area contributed by atoms with Gasteiger partial charge in [0.25, 0.3) is 10.0 Å². The van der Waals surface area contributed by atoms with E-state index in [4.69, 9.17) is 18.9 Å². The highest BCUT2D eigenvalue weighted by Gasteiger charge is 2.20. The van der Waals surface area contributed by atoms with Crippen molar-refractivity contribution in [2.45, 2.75) is 18.7 Å². The Morgan fingerprint density at radius 3 is 1.83 bits per heavy atom. The average molecular weight is 437 g/mol. The highest BCUT2D eigenvalue weighted by molar-refractivity contribution is 7.92. The van der Waals surface area contributed by atoms with Gasteiger partial charge in [-0.25, -0.2) is 18.0 Å². The quantitative estimate of drug-likeness (QED) is 0.595. The van der Waals surface area contributed by atoms with Crippen LogP contribution in [0, 0.1) is 0 Å². The molecule has 1 N–H and O–H groups in total. The Bertz CT molecular complexity index is 997. The SMILES string of the molecule is CCOC(=O)c1cc(NS(=O)(=O)c2ccc(OC)c(OC)c2)cc(C(=O)OCC)c1. The van der Waals surface area contributed by atoms with Crippen molar-refractivity contribution in [3.05, 3.63) is 47.5 Å². The lowest BCUT2D eigenvalue weighted by Crippen LogP contribution is -2.15. The van der Waals surface area contributed by atoms with Crippen molar-refractivity contribution in [3.63, 3.8) is 0 Å². The van der Waals surface area contributed by atoms with Gasteiger partial charge in [-0.15, -0.1) is 0 Å². The molecule has 2 aromatic rings. The molecule has 0 saturated carbocycles. The number of carbonyl (C=O) groups excluding carboxylic acids is 2. The summed E-state index contributed by atoms with van der Waals surface area (Å²) in [6.07, 6.45) is 0. The molecule has 0 heterocycles. The molecule has 0 radical (unpaired) electrons. The molecule has 0 atom stereocenters. The minimum atomic E-state index is -4.07. The summed E-state index contributed by atoms with van der Waals surface area (Å²) in [6.45, 7) is 3.51. The number of methoxy groups -OCH3 is 2. The summed E-state index contributed by atoms with van der Waals surface area (Å²) in [5, 5.41) is 0. The van der Waals surface area contributed by atoms with E-state index in [1.807, 2.05) is 0 Å². The minimum Gasteiger partial charge on any atom is -0.493 e. The van der Waals surface area contributed by atoms with Crippen LogP contribution in [-0.2, 0) is 19.5 Å². The van der Waals surface area contributed by atoms with E-state index in [0.29, 0.717) is 5.75 Å². The van der Waals surface area contributed by atoms with Gasteiger partial charge in [-0.2, -0.15) is 0 Å². The van der Waals surface area contributed by atoms with Crippen molar-refractivity contribution in [1.29, 1.82) is 0 Å². The van der Waals surface area contributed by atoms with Crippen LogP contribution in [-0.4, -0.2) is 47.8 Å². The Kier molecular flexibility index (Phi) is 7.65. The third kappa shape index (κ3) is 5.41. The zero-order valence-electron chi connectivity index (χ0n) is 17.1. The number of carbonyl (C=O) groups is 2. The first kappa shape index (κ1) is 23.0. The fourth-order valence-corrected chi connectivity index (χ4v) is 3.60. The standard InChI is InChI=1S/C20H23NO8S/c1-5-28-19(22)13-9-14(20(23)29-6-2)11-15(10-13)21-30(24,25)16-7-8-17(26-3)18(12-16)27-4/h7-12,21H,5-6H2,1-4H3. The monoisotopic (exact) mass is 437 g/mol. The molecule has 0 unspecified atom stereocenters. The molecule has 10 heteroatoms. The molecule has 0 aromatic heterocycles. The van der Waals surface area contributed by atoms with Gasteiger partial charge in [0.15, 0.2) is 11.5 Å². The van der Waals surface area contributed by atoms with Crippen LogP contribution in [0.2, 0.25) is 0 Å². The van der Waals surface area contributed by atoms with Crippen LogP contribution >= 0.6 is 0 Å². The highest BCUT2D eigenvalue weighted by Crippen LogP contribution is 2.30. The summed E-state index contributed by atoms with van der Waals surface area (Å²) in [5.74, 6) is -0.802. The summed E-state index contributed by atoms with van der Waals surface area (Å²) in [6, 6.07) is 7.92. The number of nitrogens with one attached hydrogen (secondary N) is 1. The van der Waals surface area contributed by atoms with E-state index in [1.54, 1.807) is 13.8 Å². The van der Waals surface area contributed by atoms with E-state index >= 15 is 0 Å². The summed E-state index contributed by atoms with van der Waals surface area (Å²) in [5.41, 5.74) is 0.0122. The Hall–Kier alpha value is -3.27. The normalized spacial score (nSPS) is 10.8. The van der Waals surface area contributed by atoms with Gasteiger partial charge in [0.05, 0.1) is 49.1 Å². The van der Waals surface area contributed by atoms with E-state index in [2.05, 4.69) is 4.72 Å². The number of rotatable bonds is 9. The van der Waals surface area contributed by atoms with Gasteiger partial charge < -0.3 is 18.9 Å². The van der Waals surface area contributed by atoms with Gasteiger partial charge in [-0.3, -0.25) is 4.72 Å². The van der Waals surface area contributed by atoms with Crippen molar-refractivity contribution in [2.75, 3.05) is 32.2 Å². The average Bonchev–Trinajstić information content (AvgIpc) is 2.72. The van der Waals surface area contributed by atoms with Crippen molar-refractivity contribution in [2.24, 2.45) is 0 Å². The van der Waals surface area contributed by atoms with E-state index in [9.17, 15) is 18.0 Å². The second kappa shape index (κ2) is 9.97. The van der Waals surface area contributed by atoms with Crippen molar-refractivity contribution in [3.8, 4) is 11.5 Å². The van der Waals surface area contributed by atoms with Gasteiger partial charge in [-0.1, -0.05) is 0 Å². The van der Waals surface area contributed by atoms with Crippen molar-refractivity contribution >= 4 is 27.6 Å². The molecule has 2 rings (SSSR count). The Morgan fingerprint density at radius 1 is 0.833 bits per heavy atom. The molecule has 30 heavy (non-hydrogen) atoms. The molecule has 0 amide bonds. The zero-order chi connectivity index (χ0) is 22.3. The van der Waals surface area contributed by atoms with E-state index in [-0.39, 0.29) is 40.7 Å². The van der Waals surface area contributed by atoms with Gasteiger partial charge >= 0.3 is 11.9 Å². The van der Waals surface area contributed by atoms with Gasteiger partial charge in [0.2, 0.25) is 0 Å². The van der Waals surface area contributed by atoms with E-state index in [1.165, 1.54) is 50.6 Å².